The van der Waals surface area contributed by atoms with Gasteiger partial charge in [0.1, 0.15) is 5.75 Å². The van der Waals surface area contributed by atoms with Gasteiger partial charge in [-0.05, 0) is 56.2 Å². The van der Waals surface area contributed by atoms with Gasteiger partial charge in [-0.15, -0.1) is 0 Å². The fourth-order valence-electron chi connectivity index (χ4n) is 3.11. The summed E-state index contributed by atoms with van der Waals surface area (Å²) in [6.45, 7) is 4.72. The molecule has 4 nitrogen and oxygen atoms in total. The van der Waals surface area contributed by atoms with Crippen molar-refractivity contribution in [1.82, 2.24) is 4.57 Å². The molecule has 1 N–H and O–H groups in total. The first kappa shape index (κ1) is 17.4. The molecule has 5 heteroatoms. The van der Waals surface area contributed by atoms with Gasteiger partial charge in [0.2, 0.25) is 0 Å². The molecule has 0 aliphatic heterocycles. The molecular weight excluding hydrogens is 338 g/mol. The van der Waals surface area contributed by atoms with Gasteiger partial charge in [-0.3, -0.25) is 0 Å². The van der Waals surface area contributed by atoms with Crippen LogP contribution in [0.25, 0.3) is 10.9 Å². The summed E-state index contributed by atoms with van der Waals surface area (Å²) in [4.78, 5) is 12.4. The van der Waals surface area contributed by atoms with Crippen LogP contribution in [0.5, 0.6) is 5.75 Å². The summed E-state index contributed by atoms with van der Waals surface area (Å²) in [7, 11) is 0. The van der Waals surface area contributed by atoms with Crippen LogP contribution in [0.15, 0.2) is 42.5 Å². The van der Waals surface area contributed by atoms with Gasteiger partial charge in [0, 0.05) is 28.2 Å². The SMILES string of the molecule is CCOC(=O)c1c(C)n(CCc2ccc(Cl)cc2)c2ccc(O)cc12. The van der Waals surface area contributed by atoms with Crippen LogP contribution >= 0.6 is 11.6 Å². The van der Waals surface area contributed by atoms with Crippen LogP contribution in [0.4, 0.5) is 0 Å². The monoisotopic (exact) mass is 357 g/mol. The van der Waals surface area contributed by atoms with Gasteiger partial charge in [-0.1, -0.05) is 23.7 Å². The largest absolute Gasteiger partial charge is 0.508 e. The maximum atomic E-state index is 12.4. The van der Waals surface area contributed by atoms with Gasteiger partial charge in [0.15, 0.2) is 0 Å². The molecule has 0 aliphatic carbocycles. The molecule has 1 heterocycles. The highest BCUT2D eigenvalue weighted by Gasteiger charge is 2.21. The van der Waals surface area contributed by atoms with Crippen LogP contribution < -0.4 is 0 Å². The Labute approximate surface area is 151 Å². The first-order valence-electron chi connectivity index (χ1n) is 8.24. The van der Waals surface area contributed by atoms with E-state index in [4.69, 9.17) is 16.3 Å². The number of esters is 1. The number of ether oxygens (including phenoxy) is 1. The van der Waals surface area contributed by atoms with E-state index in [1.54, 1.807) is 19.1 Å². The predicted molar refractivity (Wildman–Crippen MR) is 99.5 cm³/mol. The highest BCUT2D eigenvalue weighted by atomic mass is 35.5. The molecule has 0 amide bonds. The lowest BCUT2D eigenvalue weighted by Crippen LogP contribution is -2.08. The van der Waals surface area contributed by atoms with E-state index in [1.165, 1.54) is 5.56 Å². The van der Waals surface area contributed by atoms with E-state index in [0.29, 0.717) is 29.1 Å². The second-order valence-corrected chi connectivity index (χ2v) is 6.35. The molecule has 0 bridgehead atoms. The van der Waals surface area contributed by atoms with Crippen molar-refractivity contribution in [3.05, 3.63) is 64.3 Å². The summed E-state index contributed by atoms with van der Waals surface area (Å²) in [5.41, 5.74) is 3.44. The molecule has 1 aromatic heterocycles. The Hall–Kier alpha value is -2.46. The molecule has 3 rings (SSSR count). The van der Waals surface area contributed by atoms with Gasteiger partial charge in [-0.2, -0.15) is 0 Å². The number of hydrogen-bond acceptors (Lipinski definition) is 3. The molecule has 0 unspecified atom stereocenters. The zero-order chi connectivity index (χ0) is 18.0. The normalized spacial score (nSPS) is 11.0. The number of halogens is 1. The van der Waals surface area contributed by atoms with E-state index in [1.807, 2.05) is 37.3 Å². The summed E-state index contributed by atoms with van der Waals surface area (Å²) in [6.07, 6.45) is 0.810. The Kier molecular flexibility index (Phi) is 5.00. The number of rotatable bonds is 5. The van der Waals surface area contributed by atoms with Crippen molar-refractivity contribution in [2.45, 2.75) is 26.8 Å². The third-order valence-electron chi connectivity index (χ3n) is 4.32. The van der Waals surface area contributed by atoms with Gasteiger partial charge in [-0.25, -0.2) is 4.79 Å². The Morgan fingerprint density at radius 1 is 1.20 bits per heavy atom. The number of phenolic OH excluding ortho intramolecular Hbond substituents is 1. The quantitative estimate of drug-likeness (QED) is 0.672. The maximum Gasteiger partial charge on any atom is 0.340 e. The molecule has 25 heavy (non-hydrogen) atoms. The van der Waals surface area contributed by atoms with E-state index in [2.05, 4.69) is 4.57 Å². The summed E-state index contributed by atoms with van der Waals surface area (Å²) in [6, 6.07) is 12.8. The van der Waals surface area contributed by atoms with E-state index in [-0.39, 0.29) is 11.7 Å². The fourth-order valence-corrected chi connectivity index (χ4v) is 3.24. The number of aryl methyl sites for hydroxylation is 2. The van der Waals surface area contributed by atoms with E-state index in [0.717, 1.165) is 17.6 Å². The van der Waals surface area contributed by atoms with Crippen LogP contribution in [0.3, 0.4) is 0 Å². The third kappa shape index (κ3) is 3.49. The lowest BCUT2D eigenvalue weighted by Gasteiger charge is -2.09. The number of carbonyl (C=O) groups is 1. The highest BCUT2D eigenvalue weighted by molar-refractivity contribution is 6.30. The second-order valence-electron chi connectivity index (χ2n) is 5.91. The molecule has 0 atom stereocenters. The number of phenols is 1. The smallest absolute Gasteiger partial charge is 0.340 e. The zero-order valence-corrected chi connectivity index (χ0v) is 15.0. The number of fused-ring (bicyclic) bond motifs is 1. The van der Waals surface area contributed by atoms with Gasteiger partial charge < -0.3 is 14.4 Å². The zero-order valence-electron chi connectivity index (χ0n) is 14.3. The van der Waals surface area contributed by atoms with Crippen molar-refractivity contribution >= 4 is 28.5 Å². The number of hydrogen-bond donors (Lipinski definition) is 1. The number of aromatic hydroxyl groups is 1. The van der Waals surface area contributed by atoms with Gasteiger partial charge >= 0.3 is 5.97 Å². The molecule has 0 spiro atoms. The number of benzene rings is 2. The topological polar surface area (TPSA) is 51.5 Å². The van der Waals surface area contributed by atoms with Crippen LogP contribution in [-0.4, -0.2) is 22.2 Å². The average molecular weight is 358 g/mol. The lowest BCUT2D eigenvalue weighted by atomic mass is 10.1. The van der Waals surface area contributed by atoms with Crippen molar-refractivity contribution in [1.29, 1.82) is 0 Å². The van der Waals surface area contributed by atoms with Gasteiger partial charge in [0.25, 0.3) is 0 Å². The van der Waals surface area contributed by atoms with Crippen LogP contribution in [0.2, 0.25) is 5.02 Å². The molecular formula is C20H20ClNO3. The van der Waals surface area contributed by atoms with Crippen LogP contribution in [0, 0.1) is 6.92 Å². The standard InChI is InChI=1S/C20H20ClNO3/c1-3-25-20(24)19-13(2)22(18-9-8-16(23)12-17(18)19)11-10-14-4-6-15(21)7-5-14/h4-9,12,23H,3,10-11H2,1-2H3. The molecule has 0 fully saturated rings. The maximum absolute atomic E-state index is 12.4. The molecule has 0 saturated heterocycles. The summed E-state index contributed by atoms with van der Waals surface area (Å²) < 4.78 is 7.29. The number of aromatic nitrogens is 1. The van der Waals surface area contributed by atoms with Crippen LogP contribution in [-0.2, 0) is 17.7 Å². The molecule has 0 radical (unpaired) electrons. The summed E-state index contributed by atoms with van der Waals surface area (Å²) in [5, 5.41) is 11.3. The van der Waals surface area contributed by atoms with E-state index in [9.17, 15) is 9.90 Å². The molecule has 130 valence electrons. The lowest BCUT2D eigenvalue weighted by molar-refractivity contribution is 0.0527. The van der Waals surface area contributed by atoms with Gasteiger partial charge in [0.05, 0.1) is 12.2 Å². The Balaban J connectivity index is 2.00. The molecule has 3 aromatic rings. The minimum atomic E-state index is -0.360. The molecule has 0 saturated carbocycles. The van der Waals surface area contributed by atoms with Crippen molar-refractivity contribution in [2.24, 2.45) is 0 Å². The van der Waals surface area contributed by atoms with E-state index < -0.39 is 0 Å². The van der Waals surface area contributed by atoms with Crippen molar-refractivity contribution in [2.75, 3.05) is 6.61 Å². The summed E-state index contributed by atoms with van der Waals surface area (Å²) in [5.74, 6) is -0.228. The average Bonchev–Trinajstić information content (AvgIpc) is 2.85. The van der Waals surface area contributed by atoms with E-state index >= 15 is 0 Å². The second kappa shape index (κ2) is 7.19. The highest BCUT2D eigenvalue weighted by Crippen LogP contribution is 2.30. The Bertz CT molecular complexity index is 913. The first-order valence-corrected chi connectivity index (χ1v) is 8.62. The Morgan fingerprint density at radius 3 is 2.60 bits per heavy atom. The minimum absolute atomic E-state index is 0.132. The molecule has 2 aromatic carbocycles. The summed E-state index contributed by atoms with van der Waals surface area (Å²) >= 11 is 5.93. The third-order valence-corrected chi connectivity index (χ3v) is 4.58. The first-order chi connectivity index (χ1) is 12.0. The predicted octanol–water partition coefficient (Wildman–Crippen LogP) is 4.73. The van der Waals surface area contributed by atoms with Crippen molar-refractivity contribution < 1.29 is 14.6 Å². The van der Waals surface area contributed by atoms with Crippen molar-refractivity contribution in [3.63, 3.8) is 0 Å². The number of carbonyl (C=O) groups excluding carboxylic acids is 1. The van der Waals surface area contributed by atoms with Crippen LogP contribution in [0.1, 0.15) is 28.5 Å². The Morgan fingerprint density at radius 2 is 1.92 bits per heavy atom. The fraction of sp³-hybridized carbons (Fsp3) is 0.250. The molecule has 0 aliphatic rings. The number of nitrogens with zero attached hydrogens (tertiary/aromatic N) is 1. The minimum Gasteiger partial charge on any atom is -0.508 e. The van der Waals surface area contributed by atoms with Crippen molar-refractivity contribution in [3.8, 4) is 5.75 Å².